The maximum Gasteiger partial charge on any atom is 1.00 e. The van der Waals surface area contributed by atoms with Gasteiger partial charge in [0, 0.05) is 24.6 Å². The molecule has 0 spiro atoms. The Bertz CT molecular complexity index is 322. The Morgan fingerprint density at radius 3 is 1.72 bits per heavy atom. The third-order valence-electron chi connectivity index (χ3n) is 0.988. The van der Waals surface area contributed by atoms with Gasteiger partial charge in [0.25, 0.3) is 0 Å². The zero-order valence-electron chi connectivity index (χ0n) is 9.64. The fourth-order valence-electron chi connectivity index (χ4n) is 0.567. The standard InChI is InChI=1S/C6H5NO3.2K.2H2O2.H2O.V/c8-5-3-1-2-4(7-5)6(9)10;;;2*1-2;;/h1-3H,(H,7,8)(H,9,10);;;2*1-2H;1H2;/q;2*+1;;;;/p-2. The summed E-state index contributed by atoms with van der Waals surface area (Å²) in [5.41, 5.74) is -0.644. The van der Waals surface area contributed by atoms with Crippen LogP contribution in [0.3, 0.4) is 0 Å². The summed E-state index contributed by atoms with van der Waals surface area (Å²) in [6, 6.07) is 3.84. The summed E-state index contributed by atoms with van der Waals surface area (Å²) in [7, 11) is 0. The van der Waals surface area contributed by atoms with Crippen molar-refractivity contribution in [2.24, 2.45) is 0 Å². The van der Waals surface area contributed by atoms with Gasteiger partial charge in [-0.2, -0.15) is 0 Å². The minimum atomic E-state index is -1.38. The van der Waals surface area contributed by atoms with E-state index in [2.05, 4.69) is 4.98 Å². The zero-order chi connectivity index (χ0) is 11.6. The summed E-state index contributed by atoms with van der Waals surface area (Å²) < 4.78 is 0. The number of hydrogen-bond donors (Lipinski definition) is 5. The number of carbonyl (C=O) groups excluding carboxylic acids is 1. The maximum atomic E-state index is 10.4. The number of aromatic nitrogens is 1. The average molecular weight is 352 g/mol. The molecule has 0 aliphatic rings. The van der Waals surface area contributed by atoms with Gasteiger partial charge in [0.05, 0.1) is 11.7 Å². The van der Waals surface area contributed by atoms with Crippen molar-refractivity contribution >= 4 is 5.97 Å². The molecule has 0 bridgehead atoms. The molecule has 1 rings (SSSR count). The molecule has 6 N–H and O–H groups in total. The molecule has 0 saturated carbocycles. The monoisotopic (exact) mass is 352 g/mol. The third-order valence-corrected chi connectivity index (χ3v) is 0.988. The second kappa shape index (κ2) is 27.4. The van der Waals surface area contributed by atoms with E-state index in [1.54, 1.807) is 0 Å². The minimum absolute atomic E-state index is 0. The van der Waals surface area contributed by atoms with Crippen molar-refractivity contribution in [1.82, 2.24) is 4.98 Å². The van der Waals surface area contributed by atoms with Crippen LogP contribution in [0.2, 0.25) is 0 Å². The van der Waals surface area contributed by atoms with Crippen LogP contribution in [0.4, 0.5) is 0 Å². The third kappa shape index (κ3) is 20.4. The Kier molecular flexibility index (Phi) is 56.2. The first kappa shape index (κ1) is 36.9. The molecule has 93 valence electrons. The van der Waals surface area contributed by atoms with E-state index in [0.717, 1.165) is 0 Å². The van der Waals surface area contributed by atoms with E-state index in [4.69, 9.17) is 21.0 Å². The van der Waals surface area contributed by atoms with Gasteiger partial charge >= 0.3 is 103 Å². The van der Waals surface area contributed by atoms with Crippen LogP contribution in [0, 0.1) is 0 Å². The SMILES string of the molecule is O=C([O-])c1cccc(=O)[nH]1.OO.OO.[K+].[K+].[OH-].[V]. The summed E-state index contributed by atoms with van der Waals surface area (Å²) in [6.07, 6.45) is 0. The molecule has 0 saturated heterocycles. The van der Waals surface area contributed by atoms with Gasteiger partial charge in [0.1, 0.15) is 0 Å². The molecular weight excluding hydrogens is 343 g/mol. The summed E-state index contributed by atoms with van der Waals surface area (Å²) in [6.45, 7) is 0. The first-order valence-electron chi connectivity index (χ1n) is 3.01. The predicted octanol–water partition coefficient (Wildman–Crippen LogP) is -7.40. The molecule has 18 heavy (non-hydrogen) atoms. The van der Waals surface area contributed by atoms with E-state index in [0.29, 0.717) is 0 Å². The Labute approximate surface area is 199 Å². The summed E-state index contributed by atoms with van der Waals surface area (Å²) in [5, 5.41) is 34.1. The predicted molar refractivity (Wildman–Crippen MR) is 43.8 cm³/mol. The van der Waals surface area contributed by atoms with E-state index in [9.17, 15) is 14.7 Å². The molecule has 12 heteroatoms. The normalized spacial score (nSPS) is 5.78. The number of rotatable bonds is 1. The quantitative estimate of drug-likeness (QED) is 0.187. The molecule has 1 heterocycles. The number of aromatic carboxylic acids is 1. The summed E-state index contributed by atoms with van der Waals surface area (Å²) in [5.74, 6) is -1.38. The largest absolute Gasteiger partial charge is 1.00 e. The smallest absolute Gasteiger partial charge is 0.870 e. The van der Waals surface area contributed by atoms with Gasteiger partial charge in [-0.1, -0.05) is 6.07 Å². The van der Waals surface area contributed by atoms with E-state index in [1.807, 2.05) is 0 Å². The number of carboxylic acid groups (broad SMARTS) is 1. The van der Waals surface area contributed by atoms with Crippen LogP contribution in [0.5, 0.6) is 0 Å². The fourth-order valence-corrected chi connectivity index (χ4v) is 0.567. The van der Waals surface area contributed by atoms with Gasteiger partial charge in [-0.3, -0.25) is 25.8 Å². The van der Waals surface area contributed by atoms with Crippen LogP contribution in [0.1, 0.15) is 10.5 Å². The molecule has 1 radical (unpaired) electrons. The number of H-pyrrole nitrogens is 1. The van der Waals surface area contributed by atoms with Crippen LogP contribution in [0.25, 0.3) is 0 Å². The number of carboxylic acids is 1. The first-order chi connectivity index (χ1) is 6.70. The molecule has 0 aliphatic heterocycles. The van der Waals surface area contributed by atoms with Crippen LogP contribution in [-0.2, 0) is 18.6 Å². The van der Waals surface area contributed by atoms with Gasteiger partial charge < -0.3 is 20.4 Å². The number of hydrogen-bond acceptors (Lipinski definition) is 8. The van der Waals surface area contributed by atoms with Crippen molar-refractivity contribution in [2.75, 3.05) is 0 Å². The van der Waals surface area contributed by atoms with Crippen molar-refractivity contribution in [3.63, 3.8) is 0 Å². The Morgan fingerprint density at radius 2 is 1.50 bits per heavy atom. The van der Waals surface area contributed by atoms with Crippen molar-refractivity contribution in [3.05, 3.63) is 34.2 Å². The average Bonchev–Trinajstić information content (AvgIpc) is 2.24. The van der Waals surface area contributed by atoms with Crippen LogP contribution < -0.4 is 113 Å². The fraction of sp³-hybridized carbons (Fsp3) is 0. The molecule has 0 amide bonds. The second-order valence-corrected chi connectivity index (χ2v) is 1.72. The number of pyridine rings is 1. The van der Waals surface area contributed by atoms with E-state index >= 15 is 0 Å². The van der Waals surface area contributed by atoms with Crippen LogP contribution in [0.15, 0.2) is 23.0 Å². The van der Waals surface area contributed by atoms with Crippen molar-refractivity contribution in [1.29, 1.82) is 0 Å². The molecule has 0 fully saturated rings. The minimum Gasteiger partial charge on any atom is -0.870 e. The zero-order valence-corrected chi connectivity index (χ0v) is 17.3. The molecule has 0 aromatic carbocycles. The number of carbonyl (C=O) groups is 1. The number of nitrogens with one attached hydrogen (secondary N) is 1. The van der Waals surface area contributed by atoms with E-state index in [-0.39, 0.29) is 132 Å². The molecular formula is C6H9K2NO8V. The Balaban J connectivity index is -0.0000000412. The molecule has 0 unspecified atom stereocenters. The first-order valence-corrected chi connectivity index (χ1v) is 3.01. The van der Waals surface area contributed by atoms with Crippen LogP contribution in [-0.4, -0.2) is 37.5 Å². The molecule has 0 atom stereocenters. The van der Waals surface area contributed by atoms with E-state index < -0.39 is 11.5 Å². The topological polar surface area (TPSA) is 184 Å². The maximum absolute atomic E-state index is 10.4. The van der Waals surface area contributed by atoms with Crippen molar-refractivity contribution in [2.45, 2.75) is 0 Å². The molecule has 1 aromatic rings. The van der Waals surface area contributed by atoms with Gasteiger partial charge in [-0.05, 0) is 6.07 Å². The van der Waals surface area contributed by atoms with Gasteiger partial charge in [0.2, 0.25) is 5.56 Å². The van der Waals surface area contributed by atoms with Crippen LogP contribution >= 0.6 is 0 Å². The van der Waals surface area contributed by atoms with Crippen molar-refractivity contribution in [3.8, 4) is 0 Å². The molecule has 1 aromatic heterocycles. The molecule has 9 nitrogen and oxygen atoms in total. The second-order valence-electron chi connectivity index (χ2n) is 1.72. The van der Waals surface area contributed by atoms with Gasteiger partial charge in [-0.25, -0.2) is 0 Å². The Morgan fingerprint density at radius 1 is 1.11 bits per heavy atom. The Hall–Kier alpha value is 2.08. The molecule has 0 aliphatic carbocycles. The summed E-state index contributed by atoms with van der Waals surface area (Å²) >= 11 is 0. The van der Waals surface area contributed by atoms with E-state index in [1.165, 1.54) is 18.2 Å². The number of aromatic amines is 1. The van der Waals surface area contributed by atoms with Gasteiger partial charge in [0.15, 0.2) is 0 Å². The summed E-state index contributed by atoms with van der Waals surface area (Å²) in [4.78, 5) is 22.6. The van der Waals surface area contributed by atoms with Crippen molar-refractivity contribution < 1.29 is 158 Å². The van der Waals surface area contributed by atoms with Gasteiger partial charge in [-0.15, -0.1) is 0 Å².